The number of furan rings is 1. The van der Waals surface area contributed by atoms with E-state index in [4.69, 9.17) is 9.15 Å². The van der Waals surface area contributed by atoms with Crippen LogP contribution >= 0.6 is 24.0 Å². The number of hydrogen-bond acceptors (Lipinski definition) is 3. The lowest BCUT2D eigenvalue weighted by atomic mass is 10.1. The lowest BCUT2D eigenvalue weighted by molar-refractivity contribution is 0.340. The molecule has 2 N–H and O–H groups in total. The Balaban J connectivity index is 0.00000312. The normalized spacial score (nSPS) is 10.9. The fourth-order valence-electron chi connectivity index (χ4n) is 2.36. The van der Waals surface area contributed by atoms with Gasteiger partial charge in [0.1, 0.15) is 11.5 Å². The number of guanidine groups is 1. The number of nitrogens with zero attached hydrogens (tertiary/aromatic N) is 1. The molecular weight excluding hydrogens is 429 g/mol. The largest absolute Gasteiger partial charge is 0.494 e. The molecule has 0 unspecified atom stereocenters. The smallest absolute Gasteiger partial charge is 0.191 e. The monoisotopic (exact) mass is 457 g/mol. The first-order valence-electron chi connectivity index (χ1n) is 8.58. The number of rotatable bonds is 9. The molecule has 2 aromatic rings. The molecule has 138 valence electrons. The molecule has 1 aromatic heterocycles. The molecule has 0 saturated heterocycles. The molecule has 5 nitrogen and oxygen atoms in total. The quantitative estimate of drug-likeness (QED) is 0.343. The van der Waals surface area contributed by atoms with Gasteiger partial charge in [-0.25, -0.2) is 0 Å². The highest BCUT2D eigenvalue weighted by molar-refractivity contribution is 14.0. The molecule has 0 aliphatic heterocycles. The Bertz CT molecular complexity index is 615. The van der Waals surface area contributed by atoms with Crippen LogP contribution in [-0.4, -0.2) is 32.2 Å². The van der Waals surface area contributed by atoms with Crippen LogP contribution in [0.4, 0.5) is 0 Å². The number of halogens is 1. The molecule has 0 aliphatic carbocycles. The summed E-state index contributed by atoms with van der Waals surface area (Å²) in [5.74, 6) is 2.72. The first-order chi connectivity index (χ1) is 11.8. The second-order valence-corrected chi connectivity index (χ2v) is 5.35. The van der Waals surface area contributed by atoms with E-state index in [0.717, 1.165) is 43.4 Å². The average molecular weight is 457 g/mol. The van der Waals surface area contributed by atoms with E-state index < -0.39 is 0 Å². The Morgan fingerprint density at radius 3 is 2.72 bits per heavy atom. The van der Waals surface area contributed by atoms with Crippen molar-refractivity contribution in [2.75, 3.05) is 26.2 Å². The number of benzene rings is 1. The van der Waals surface area contributed by atoms with Gasteiger partial charge in [-0.05, 0) is 50.1 Å². The zero-order valence-corrected chi connectivity index (χ0v) is 17.3. The van der Waals surface area contributed by atoms with Crippen molar-refractivity contribution in [3.8, 4) is 5.75 Å². The zero-order chi connectivity index (χ0) is 17.0. The molecule has 0 amide bonds. The summed E-state index contributed by atoms with van der Waals surface area (Å²) in [6.45, 7) is 7.11. The zero-order valence-electron chi connectivity index (χ0n) is 15.0. The van der Waals surface area contributed by atoms with Crippen LogP contribution < -0.4 is 15.4 Å². The molecule has 0 bridgehead atoms. The summed E-state index contributed by atoms with van der Waals surface area (Å²) in [5, 5.41) is 6.63. The predicted octanol–water partition coefficient (Wildman–Crippen LogP) is 3.64. The van der Waals surface area contributed by atoms with Gasteiger partial charge in [0.25, 0.3) is 0 Å². The van der Waals surface area contributed by atoms with E-state index in [0.29, 0.717) is 13.2 Å². The minimum Gasteiger partial charge on any atom is -0.494 e. The third kappa shape index (κ3) is 8.29. The van der Waals surface area contributed by atoms with Crippen LogP contribution in [0.15, 0.2) is 52.1 Å². The van der Waals surface area contributed by atoms with Crippen LogP contribution in [-0.2, 0) is 12.8 Å². The van der Waals surface area contributed by atoms with E-state index in [1.807, 2.05) is 31.2 Å². The molecule has 0 aliphatic rings. The summed E-state index contributed by atoms with van der Waals surface area (Å²) in [4.78, 5) is 4.58. The number of hydrogen-bond donors (Lipinski definition) is 2. The molecule has 0 fully saturated rings. The van der Waals surface area contributed by atoms with Gasteiger partial charge in [0.15, 0.2) is 5.96 Å². The molecule has 0 saturated carbocycles. The van der Waals surface area contributed by atoms with Gasteiger partial charge >= 0.3 is 0 Å². The molecule has 1 heterocycles. The molecule has 1 aromatic carbocycles. The Labute approximate surface area is 167 Å². The lowest BCUT2D eigenvalue weighted by Gasteiger charge is -2.11. The van der Waals surface area contributed by atoms with Crippen molar-refractivity contribution in [3.05, 3.63) is 54.0 Å². The number of nitrogens with one attached hydrogen (secondary N) is 2. The van der Waals surface area contributed by atoms with Gasteiger partial charge in [0.05, 0.1) is 12.9 Å². The van der Waals surface area contributed by atoms with Gasteiger partial charge < -0.3 is 19.8 Å². The van der Waals surface area contributed by atoms with Crippen LogP contribution in [0.5, 0.6) is 5.75 Å². The van der Waals surface area contributed by atoms with Crippen LogP contribution in [0.3, 0.4) is 0 Å². The maximum atomic E-state index is 5.54. The Hall–Kier alpha value is -1.70. The van der Waals surface area contributed by atoms with Gasteiger partial charge in [-0.15, -0.1) is 24.0 Å². The Kier molecular flexibility index (Phi) is 10.8. The van der Waals surface area contributed by atoms with E-state index >= 15 is 0 Å². The first kappa shape index (κ1) is 21.3. The summed E-state index contributed by atoms with van der Waals surface area (Å²) in [6, 6.07) is 12.1. The van der Waals surface area contributed by atoms with E-state index in [1.165, 1.54) is 5.56 Å². The van der Waals surface area contributed by atoms with Crippen LogP contribution in [0.2, 0.25) is 0 Å². The van der Waals surface area contributed by atoms with Crippen LogP contribution in [0, 0.1) is 0 Å². The SMILES string of the molecule is CCNC(=NCCc1ccco1)NCCc1cccc(OCC)c1.I. The molecule has 6 heteroatoms. The van der Waals surface area contributed by atoms with Crippen molar-refractivity contribution in [1.82, 2.24) is 10.6 Å². The van der Waals surface area contributed by atoms with Crippen molar-refractivity contribution < 1.29 is 9.15 Å². The molecule has 0 atom stereocenters. The summed E-state index contributed by atoms with van der Waals surface area (Å²) >= 11 is 0. The number of aliphatic imine (C=N–C) groups is 1. The minimum atomic E-state index is 0. The van der Waals surface area contributed by atoms with E-state index in [2.05, 4.69) is 34.7 Å². The van der Waals surface area contributed by atoms with Crippen molar-refractivity contribution in [2.24, 2.45) is 4.99 Å². The van der Waals surface area contributed by atoms with Gasteiger partial charge in [-0.1, -0.05) is 12.1 Å². The average Bonchev–Trinajstić information content (AvgIpc) is 3.09. The van der Waals surface area contributed by atoms with Gasteiger partial charge in [0.2, 0.25) is 0 Å². The van der Waals surface area contributed by atoms with Crippen molar-refractivity contribution in [3.63, 3.8) is 0 Å². The van der Waals surface area contributed by atoms with Gasteiger partial charge in [-0.2, -0.15) is 0 Å². The third-order valence-electron chi connectivity index (χ3n) is 3.47. The molecule has 25 heavy (non-hydrogen) atoms. The summed E-state index contributed by atoms with van der Waals surface area (Å²) in [5.41, 5.74) is 1.25. The minimum absolute atomic E-state index is 0. The maximum absolute atomic E-state index is 5.54. The maximum Gasteiger partial charge on any atom is 0.191 e. The number of ether oxygens (including phenoxy) is 1. The summed E-state index contributed by atoms with van der Waals surface area (Å²) < 4.78 is 10.9. The fraction of sp³-hybridized carbons (Fsp3) is 0.421. The topological polar surface area (TPSA) is 58.8 Å². The fourth-order valence-corrected chi connectivity index (χ4v) is 2.36. The predicted molar refractivity (Wildman–Crippen MR) is 113 cm³/mol. The van der Waals surface area contributed by atoms with Crippen molar-refractivity contribution >= 4 is 29.9 Å². The first-order valence-corrected chi connectivity index (χ1v) is 8.58. The molecule has 2 rings (SSSR count). The van der Waals surface area contributed by atoms with E-state index in [-0.39, 0.29) is 24.0 Å². The second-order valence-electron chi connectivity index (χ2n) is 5.35. The molecular formula is C19H28IN3O2. The summed E-state index contributed by atoms with van der Waals surface area (Å²) in [7, 11) is 0. The standard InChI is InChI=1S/C19H27N3O2.HI/c1-3-20-19(22-13-11-17-9-6-14-24-17)21-12-10-16-7-5-8-18(15-16)23-4-2;/h5-9,14-15H,3-4,10-13H2,1-2H3,(H2,20,21,22);1H. The van der Waals surface area contributed by atoms with Crippen LogP contribution in [0.25, 0.3) is 0 Å². The van der Waals surface area contributed by atoms with Crippen molar-refractivity contribution in [2.45, 2.75) is 26.7 Å². The highest BCUT2D eigenvalue weighted by Crippen LogP contribution is 2.13. The molecule has 0 spiro atoms. The van der Waals surface area contributed by atoms with E-state index in [9.17, 15) is 0 Å². The van der Waals surface area contributed by atoms with Gasteiger partial charge in [0, 0.05) is 26.1 Å². The van der Waals surface area contributed by atoms with Gasteiger partial charge in [-0.3, -0.25) is 4.99 Å². The highest BCUT2D eigenvalue weighted by Gasteiger charge is 2.00. The van der Waals surface area contributed by atoms with E-state index in [1.54, 1.807) is 6.26 Å². The summed E-state index contributed by atoms with van der Waals surface area (Å²) in [6.07, 6.45) is 3.42. The Morgan fingerprint density at radius 2 is 2.00 bits per heavy atom. The van der Waals surface area contributed by atoms with Crippen LogP contribution in [0.1, 0.15) is 25.2 Å². The Morgan fingerprint density at radius 1 is 1.12 bits per heavy atom. The lowest BCUT2D eigenvalue weighted by Crippen LogP contribution is -2.38. The highest BCUT2D eigenvalue weighted by atomic mass is 127. The second kappa shape index (κ2) is 12.6. The third-order valence-corrected chi connectivity index (χ3v) is 3.47. The molecule has 0 radical (unpaired) electrons. The van der Waals surface area contributed by atoms with Crippen molar-refractivity contribution in [1.29, 1.82) is 0 Å².